The minimum Gasteiger partial charge on any atom is -0.496 e. The molecule has 110 valence electrons. The third-order valence-corrected chi connectivity index (χ3v) is 6.55. The highest BCUT2D eigenvalue weighted by molar-refractivity contribution is 8.00. The third kappa shape index (κ3) is 2.71. The van der Waals surface area contributed by atoms with Crippen LogP contribution in [0.2, 0.25) is 0 Å². The van der Waals surface area contributed by atoms with E-state index in [1.807, 2.05) is 0 Å². The zero-order valence-electron chi connectivity index (χ0n) is 12.5. The molecule has 2 aliphatic rings. The maximum Gasteiger partial charge on any atom is 0.122 e. The van der Waals surface area contributed by atoms with Gasteiger partial charge in [0.25, 0.3) is 0 Å². The number of benzene rings is 1. The minimum atomic E-state index is 0.551. The van der Waals surface area contributed by atoms with Crippen molar-refractivity contribution < 1.29 is 4.74 Å². The van der Waals surface area contributed by atoms with Crippen LogP contribution in [0.25, 0.3) is 0 Å². The van der Waals surface area contributed by atoms with Crippen LogP contribution in [0.5, 0.6) is 5.75 Å². The zero-order valence-corrected chi connectivity index (χ0v) is 13.3. The van der Waals surface area contributed by atoms with Gasteiger partial charge >= 0.3 is 0 Å². The second-order valence-corrected chi connectivity index (χ2v) is 7.50. The first-order chi connectivity index (χ1) is 9.76. The summed E-state index contributed by atoms with van der Waals surface area (Å²) in [5, 5.41) is 3.79. The summed E-state index contributed by atoms with van der Waals surface area (Å²) in [7, 11) is 1.77. The van der Waals surface area contributed by atoms with Gasteiger partial charge in [0.2, 0.25) is 0 Å². The molecule has 2 aliphatic carbocycles. The summed E-state index contributed by atoms with van der Waals surface area (Å²) in [5.74, 6) is 1.73. The molecule has 0 spiro atoms. The molecule has 1 N–H and O–H groups in total. The van der Waals surface area contributed by atoms with E-state index in [9.17, 15) is 0 Å². The lowest BCUT2D eigenvalue weighted by molar-refractivity contribution is 0.252. The molecule has 0 unspecified atom stereocenters. The third-order valence-electron chi connectivity index (χ3n) is 5.13. The van der Waals surface area contributed by atoms with Gasteiger partial charge in [0.05, 0.1) is 7.11 Å². The van der Waals surface area contributed by atoms with Crippen LogP contribution in [0.15, 0.2) is 24.3 Å². The van der Waals surface area contributed by atoms with Crippen LogP contribution < -0.4 is 10.1 Å². The number of thioether (sulfide) groups is 1. The fourth-order valence-corrected chi connectivity index (χ4v) is 4.32. The molecule has 1 aromatic carbocycles. The van der Waals surface area contributed by atoms with E-state index in [1.54, 1.807) is 7.11 Å². The van der Waals surface area contributed by atoms with E-state index in [1.165, 1.54) is 44.2 Å². The fraction of sp³-hybridized carbons (Fsp3) is 0.647. The largest absolute Gasteiger partial charge is 0.496 e. The molecule has 0 bridgehead atoms. The summed E-state index contributed by atoms with van der Waals surface area (Å²) in [6, 6.07) is 9.17. The molecule has 2 nitrogen and oxygen atoms in total. The number of para-hydroxylation sites is 1. The maximum absolute atomic E-state index is 5.47. The number of ether oxygens (including phenoxy) is 1. The van der Waals surface area contributed by atoms with Gasteiger partial charge in [0.1, 0.15) is 5.75 Å². The van der Waals surface area contributed by atoms with E-state index in [4.69, 9.17) is 4.74 Å². The van der Waals surface area contributed by atoms with Crippen LogP contribution in [-0.4, -0.2) is 30.7 Å². The molecule has 2 saturated carbocycles. The fourth-order valence-electron chi connectivity index (χ4n) is 3.40. The molecule has 0 aromatic heterocycles. The van der Waals surface area contributed by atoms with E-state index in [-0.39, 0.29) is 0 Å². The molecule has 0 atom stereocenters. The predicted molar refractivity (Wildman–Crippen MR) is 86.9 cm³/mol. The van der Waals surface area contributed by atoms with Crippen molar-refractivity contribution in [2.45, 2.75) is 48.8 Å². The lowest BCUT2D eigenvalue weighted by Gasteiger charge is -2.44. The quantitative estimate of drug-likeness (QED) is 0.861. The Labute approximate surface area is 126 Å². The van der Waals surface area contributed by atoms with Gasteiger partial charge in [-0.05, 0) is 49.5 Å². The van der Waals surface area contributed by atoms with Crippen LogP contribution >= 0.6 is 11.8 Å². The smallest absolute Gasteiger partial charge is 0.122 e. The second-order valence-electron chi connectivity index (χ2n) is 6.23. The summed E-state index contributed by atoms with van der Waals surface area (Å²) in [5.41, 5.74) is 1.39. The number of methoxy groups -OCH3 is 1. The number of hydrogen-bond donors (Lipinski definition) is 1. The molecule has 0 radical (unpaired) electrons. The second kappa shape index (κ2) is 5.98. The summed E-state index contributed by atoms with van der Waals surface area (Å²) < 4.78 is 6.02. The van der Waals surface area contributed by atoms with E-state index in [0.717, 1.165) is 5.75 Å². The van der Waals surface area contributed by atoms with Gasteiger partial charge in [-0.1, -0.05) is 24.6 Å². The monoisotopic (exact) mass is 291 g/mol. The molecule has 20 heavy (non-hydrogen) atoms. The SMILES string of the molecule is COc1ccccc1C1CC(NCC2(SC)CCC2)C1. The van der Waals surface area contributed by atoms with Gasteiger partial charge in [0.15, 0.2) is 0 Å². The first-order valence-electron chi connectivity index (χ1n) is 7.68. The summed E-state index contributed by atoms with van der Waals surface area (Å²) in [6.07, 6.45) is 8.97. The van der Waals surface area contributed by atoms with Crippen LogP contribution in [0, 0.1) is 0 Å². The first-order valence-corrected chi connectivity index (χ1v) is 8.90. The molecular formula is C17H25NOS. The van der Waals surface area contributed by atoms with Crippen LogP contribution in [-0.2, 0) is 0 Å². The molecule has 3 heteroatoms. The van der Waals surface area contributed by atoms with Gasteiger partial charge < -0.3 is 10.1 Å². The topological polar surface area (TPSA) is 21.3 Å². The van der Waals surface area contributed by atoms with Crippen molar-refractivity contribution >= 4 is 11.8 Å². The van der Waals surface area contributed by atoms with Crippen molar-refractivity contribution in [1.82, 2.24) is 5.32 Å². The Balaban J connectivity index is 1.49. The molecule has 0 aliphatic heterocycles. The number of nitrogens with one attached hydrogen (secondary N) is 1. The minimum absolute atomic E-state index is 0.551. The maximum atomic E-state index is 5.47. The molecule has 0 saturated heterocycles. The lowest BCUT2D eigenvalue weighted by atomic mass is 9.75. The molecule has 3 rings (SSSR count). The summed E-state index contributed by atoms with van der Waals surface area (Å²) in [4.78, 5) is 0. The predicted octanol–water partition coefficient (Wildman–Crippen LogP) is 3.82. The van der Waals surface area contributed by atoms with Crippen LogP contribution in [0.3, 0.4) is 0 Å². The Morgan fingerprint density at radius 2 is 2.05 bits per heavy atom. The highest BCUT2D eigenvalue weighted by Crippen LogP contribution is 2.44. The van der Waals surface area contributed by atoms with E-state index in [2.05, 4.69) is 47.6 Å². The van der Waals surface area contributed by atoms with Gasteiger partial charge in [0, 0.05) is 17.3 Å². The Morgan fingerprint density at radius 1 is 1.30 bits per heavy atom. The Kier molecular flexibility index (Phi) is 4.27. The molecular weight excluding hydrogens is 266 g/mol. The van der Waals surface area contributed by atoms with Crippen molar-refractivity contribution in [3.63, 3.8) is 0 Å². The van der Waals surface area contributed by atoms with Gasteiger partial charge in [-0.25, -0.2) is 0 Å². The van der Waals surface area contributed by atoms with Crippen molar-refractivity contribution in [1.29, 1.82) is 0 Å². The van der Waals surface area contributed by atoms with E-state index >= 15 is 0 Å². The average molecular weight is 291 g/mol. The Bertz CT molecular complexity index is 447. The van der Waals surface area contributed by atoms with Crippen LogP contribution in [0.1, 0.15) is 43.6 Å². The van der Waals surface area contributed by atoms with Gasteiger partial charge in [-0.15, -0.1) is 0 Å². The van der Waals surface area contributed by atoms with Crippen molar-refractivity contribution in [2.75, 3.05) is 19.9 Å². The van der Waals surface area contributed by atoms with E-state index < -0.39 is 0 Å². The van der Waals surface area contributed by atoms with Crippen molar-refractivity contribution in [2.24, 2.45) is 0 Å². The highest BCUT2D eigenvalue weighted by Gasteiger charge is 2.38. The Hall–Kier alpha value is -0.670. The molecule has 0 amide bonds. The number of rotatable bonds is 6. The normalized spacial score (nSPS) is 27.5. The Morgan fingerprint density at radius 3 is 2.65 bits per heavy atom. The van der Waals surface area contributed by atoms with Crippen molar-refractivity contribution in [3.05, 3.63) is 29.8 Å². The molecule has 2 fully saturated rings. The molecule has 1 aromatic rings. The van der Waals surface area contributed by atoms with Crippen LogP contribution in [0.4, 0.5) is 0 Å². The lowest BCUT2D eigenvalue weighted by Crippen LogP contribution is -2.49. The van der Waals surface area contributed by atoms with Crippen molar-refractivity contribution in [3.8, 4) is 5.75 Å². The standard InChI is InChI=1S/C17H25NOS/c1-19-16-7-4-3-6-15(16)13-10-14(11-13)18-12-17(20-2)8-5-9-17/h3-4,6-7,13-14,18H,5,8-12H2,1-2H3. The van der Waals surface area contributed by atoms with Gasteiger partial charge in [-0.3, -0.25) is 0 Å². The average Bonchev–Trinajstić information content (AvgIpc) is 2.40. The van der Waals surface area contributed by atoms with E-state index in [0.29, 0.717) is 16.7 Å². The van der Waals surface area contributed by atoms with Gasteiger partial charge in [-0.2, -0.15) is 11.8 Å². The first kappa shape index (κ1) is 14.3. The summed E-state index contributed by atoms with van der Waals surface area (Å²) in [6.45, 7) is 1.19. The zero-order chi connectivity index (χ0) is 14.0. The number of hydrogen-bond acceptors (Lipinski definition) is 3. The summed E-state index contributed by atoms with van der Waals surface area (Å²) >= 11 is 2.06. The highest BCUT2D eigenvalue weighted by atomic mass is 32.2. The molecule has 0 heterocycles.